The highest BCUT2D eigenvalue weighted by atomic mass is 16.2. The van der Waals surface area contributed by atoms with Gasteiger partial charge in [-0.05, 0) is 38.3 Å². The van der Waals surface area contributed by atoms with Crippen molar-refractivity contribution in [2.45, 2.75) is 47.0 Å². The molecule has 122 valence electrons. The Hall–Kier alpha value is -2.04. The highest BCUT2D eigenvalue weighted by Crippen LogP contribution is 2.25. The van der Waals surface area contributed by atoms with E-state index in [1.165, 1.54) is 0 Å². The predicted molar refractivity (Wildman–Crippen MR) is 93.5 cm³/mol. The summed E-state index contributed by atoms with van der Waals surface area (Å²) in [5, 5.41) is 2.68. The van der Waals surface area contributed by atoms with Crippen LogP contribution in [-0.4, -0.2) is 25.1 Å². The molecule has 0 saturated carbocycles. The molecule has 22 heavy (non-hydrogen) atoms. The first-order valence-corrected chi connectivity index (χ1v) is 7.95. The number of aliphatic imine (C=N–C) groups is 1. The number of guanidine groups is 1. The van der Waals surface area contributed by atoms with Crippen molar-refractivity contribution < 1.29 is 4.79 Å². The smallest absolute Gasteiger partial charge is 0.328 e. The molecule has 1 aromatic carbocycles. The van der Waals surface area contributed by atoms with Crippen LogP contribution in [0.25, 0.3) is 0 Å². The number of unbranched alkanes of at least 4 members (excludes halogenated alkanes) is 2. The maximum Gasteiger partial charge on any atom is 0.328 e. The molecule has 0 spiro atoms. The van der Waals surface area contributed by atoms with Crippen LogP contribution in [0.2, 0.25) is 0 Å². The Morgan fingerprint density at radius 2 is 1.86 bits per heavy atom. The second-order valence-electron chi connectivity index (χ2n) is 5.39. The van der Waals surface area contributed by atoms with Gasteiger partial charge < -0.3 is 5.73 Å². The van der Waals surface area contributed by atoms with Crippen LogP contribution in [-0.2, 0) is 0 Å². The molecule has 0 aliphatic heterocycles. The van der Waals surface area contributed by atoms with Gasteiger partial charge in [0.05, 0.1) is 5.69 Å². The van der Waals surface area contributed by atoms with Crippen molar-refractivity contribution in [1.82, 2.24) is 5.32 Å². The molecule has 0 unspecified atom stereocenters. The number of urea groups is 1. The third kappa shape index (κ3) is 5.06. The molecule has 5 heteroatoms. The summed E-state index contributed by atoms with van der Waals surface area (Å²) in [6, 6.07) is 5.82. The minimum Gasteiger partial charge on any atom is -0.370 e. The molecule has 0 heterocycles. The van der Waals surface area contributed by atoms with E-state index in [9.17, 15) is 4.79 Å². The molecule has 1 aromatic rings. The summed E-state index contributed by atoms with van der Waals surface area (Å²) in [4.78, 5) is 18.4. The first-order valence-electron chi connectivity index (χ1n) is 7.95. The third-order valence-corrected chi connectivity index (χ3v) is 3.50. The second-order valence-corrected chi connectivity index (χ2v) is 5.39. The molecule has 0 aliphatic rings. The van der Waals surface area contributed by atoms with E-state index in [0.29, 0.717) is 13.1 Å². The largest absolute Gasteiger partial charge is 0.370 e. The lowest BCUT2D eigenvalue weighted by molar-refractivity contribution is 0.250. The lowest BCUT2D eigenvalue weighted by Crippen LogP contribution is -2.47. The number of amides is 2. The van der Waals surface area contributed by atoms with Crippen LogP contribution in [0.1, 0.15) is 44.2 Å². The van der Waals surface area contributed by atoms with E-state index in [2.05, 4.69) is 17.2 Å². The van der Waals surface area contributed by atoms with Gasteiger partial charge in [0.25, 0.3) is 0 Å². The summed E-state index contributed by atoms with van der Waals surface area (Å²) in [5.41, 5.74) is 8.84. The number of anilines is 1. The summed E-state index contributed by atoms with van der Waals surface area (Å²) in [7, 11) is 0. The fourth-order valence-electron chi connectivity index (χ4n) is 2.45. The Balaban J connectivity index is 3.02. The van der Waals surface area contributed by atoms with Crippen molar-refractivity contribution >= 4 is 17.7 Å². The van der Waals surface area contributed by atoms with E-state index in [1.54, 1.807) is 4.90 Å². The first kappa shape index (κ1) is 18.0. The van der Waals surface area contributed by atoms with Gasteiger partial charge >= 0.3 is 6.03 Å². The Labute approximate surface area is 133 Å². The van der Waals surface area contributed by atoms with Crippen LogP contribution >= 0.6 is 0 Å². The third-order valence-electron chi connectivity index (χ3n) is 3.50. The molecule has 5 nitrogen and oxygen atoms in total. The minimum absolute atomic E-state index is 0.166. The maximum absolute atomic E-state index is 12.6. The lowest BCUT2D eigenvalue weighted by Gasteiger charge is -2.26. The van der Waals surface area contributed by atoms with Gasteiger partial charge in [-0.2, -0.15) is 0 Å². The number of nitrogens with one attached hydrogen (secondary N) is 1. The average molecular weight is 304 g/mol. The molecular formula is C17H28N4O. The van der Waals surface area contributed by atoms with Crippen LogP contribution in [0.3, 0.4) is 0 Å². The molecule has 3 N–H and O–H groups in total. The van der Waals surface area contributed by atoms with Crippen molar-refractivity contribution in [3.8, 4) is 0 Å². The molecule has 1 rings (SSSR count). The minimum atomic E-state index is -0.219. The number of aryl methyl sites for hydroxylation is 2. The molecule has 0 saturated heterocycles. The van der Waals surface area contributed by atoms with Crippen molar-refractivity contribution in [2.24, 2.45) is 10.7 Å². The highest BCUT2D eigenvalue weighted by molar-refractivity contribution is 6.03. The van der Waals surface area contributed by atoms with Gasteiger partial charge in [0.1, 0.15) is 0 Å². The molecule has 0 atom stereocenters. The summed E-state index contributed by atoms with van der Waals surface area (Å²) < 4.78 is 0. The SMILES string of the molecule is CCCCCN(C(=O)NC(N)=NCC)c1c(C)cccc1C. The summed E-state index contributed by atoms with van der Waals surface area (Å²) in [6.07, 6.45) is 3.16. The van der Waals surface area contributed by atoms with Crippen molar-refractivity contribution in [2.75, 3.05) is 18.0 Å². The zero-order valence-electron chi connectivity index (χ0n) is 14.1. The molecule has 2 amide bonds. The van der Waals surface area contributed by atoms with Crippen LogP contribution in [0, 0.1) is 13.8 Å². The zero-order valence-corrected chi connectivity index (χ0v) is 14.1. The summed E-state index contributed by atoms with van der Waals surface area (Å²) >= 11 is 0. The van der Waals surface area contributed by atoms with Crippen LogP contribution in [0.4, 0.5) is 10.5 Å². The van der Waals surface area contributed by atoms with Crippen LogP contribution in [0.5, 0.6) is 0 Å². The standard InChI is InChI=1S/C17H28N4O/c1-5-7-8-12-21(17(22)20-16(18)19-6-2)15-13(3)10-9-11-14(15)4/h9-11H,5-8,12H2,1-4H3,(H3,18,19,20,22). The summed E-state index contributed by atoms with van der Waals surface area (Å²) in [6.45, 7) is 9.28. The van der Waals surface area contributed by atoms with Crippen molar-refractivity contribution in [3.05, 3.63) is 29.3 Å². The van der Waals surface area contributed by atoms with Gasteiger partial charge in [-0.1, -0.05) is 38.0 Å². The van der Waals surface area contributed by atoms with E-state index in [-0.39, 0.29) is 12.0 Å². The Morgan fingerprint density at radius 3 is 2.41 bits per heavy atom. The number of benzene rings is 1. The number of carbonyl (C=O) groups excluding carboxylic acids is 1. The number of rotatable bonds is 6. The van der Waals surface area contributed by atoms with Gasteiger partial charge in [0.2, 0.25) is 0 Å². The van der Waals surface area contributed by atoms with E-state index < -0.39 is 0 Å². The number of para-hydroxylation sites is 1. The number of hydrogen-bond acceptors (Lipinski definition) is 2. The van der Waals surface area contributed by atoms with Crippen molar-refractivity contribution in [3.63, 3.8) is 0 Å². The maximum atomic E-state index is 12.6. The van der Waals surface area contributed by atoms with E-state index in [4.69, 9.17) is 5.73 Å². The molecule has 0 fully saturated rings. The first-order chi connectivity index (χ1) is 10.5. The van der Waals surface area contributed by atoms with Gasteiger partial charge in [-0.25, -0.2) is 4.79 Å². The van der Waals surface area contributed by atoms with Gasteiger partial charge in [0.15, 0.2) is 5.96 Å². The van der Waals surface area contributed by atoms with Crippen LogP contribution in [0.15, 0.2) is 23.2 Å². The van der Waals surface area contributed by atoms with Crippen LogP contribution < -0.4 is 16.0 Å². The lowest BCUT2D eigenvalue weighted by atomic mass is 10.1. The number of nitrogens with two attached hydrogens (primary N) is 1. The predicted octanol–water partition coefficient (Wildman–Crippen LogP) is 3.34. The van der Waals surface area contributed by atoms with Crippen molar-refractivity contribution in [1.29, 1.82) is 0 Å². The van der Waals surface area contributed by atoms with E-state index in [0.717, 1.165) is 36.1 Å². The molecule has 0 radical (unpaired) electrons. The summed E-state index contributed by atoms with van der Waals surface area (Å²) in [5.74, 6) is 0.166. The number of hydrogen-bond donors (Lipinski definition) is 2. The Kier molecular flexibility index (Phi) is 7.43. The monoisotopic (exact) mass is 304 g/mol. The average Bonchev–Trinajstić information content (AvgIpc) is 2.45. The highest BCUT2D eigenvalue weighted by Gasteiger charge is 2.19. The molecule has 0 bridgehead atoms. The fourth-order valence-corrected chi connectivity index (χ4v) is 2.45. The quantitative estimate of drug-likeness (QED) is 0.480. The van der Waals surface area contributed by atoms with E-state index in [1.807, 2.05) is 39.0 Å². The second kappa shape index (κ2) is 9.07. The topological polar surface area (TPSA) is 70.7 Å². The normalized spacial score (nSPS) is 11.4. The Morgan fingerprint density at radius 1 is 1.23 bits per heavy atom. The Bertz CT molecular complexity index is 505. The van der Waals surface area contributed by atoms with E-state index >= 15 is 0 Å². The number of carbonyl (C=O) groups is 1. The molecule has 0 aliphatic carbocycles. The zero-order chi connectivity index (χ0) is 16.5. The van der Waals surface area contributed by atoms with Gasteiger partial charge in [-0.3, -0.25) is 15.2 Å². The van der Waals surface area contributed by atoms with Gasteiger partial charge in [-0.15, -0.1) is 0 Å². The fraction of sp³-hybridized carbons (Fsp3) is 0.529. The molecule has 0 aromatic heterocycles. The molecular weight excluding hydrogens is 276 g/mol. The number of nitrogens with zero attached hydrogens (tertiary/aromatic N) is 2. The van der Waals surface area contributed by atoms with Gasteiger partial charge in [0, 0.05) is 13.1 Å².